The predicted molar refractivity (Wildman–Crippen MR) is 66.8 cm³/mol. The first-order valence-corrected chi connectivity index (χ1v) is 6.22. The molecule has 4 heteroatoms. The Bertz CT molecular complexity index is 422. The molecular weight excluding hydrogens is 230 g/mol. The molecule has 18 heavy (non-hydrogen) atoms. The van der Waals surface area contributed by atoms with Gasteiger partial charge in [0.25, 0.3) is 0 Å². The zero-order valence-electron chi connectivity index (χ0n) is 10.2. The number of nitrogens with two attached hydrogens (primary N) is 1. The number of ether oxygens (including phenoxy) is 1. The summed E-state index contributed by atoms with van der Waals surface area (Å²) < 4.78 is 5.41. The second kappa shape index (κ2) is 5.67. The third kappa shape index (κ3) is 3.09. The molecule has 0 bridgehead atoms. The van der Waals surface area contributed by atoms with E-state index >= 15 is 0 Å². The Labute approximate surface area is 106 Å². The van der Waals surface area contributed by atoms with E-state index in [2.05, 4.69) is 0 Å². The van der Waals surface area contributed by atoms with Gasteiger partial charge in [-0.15, -0.1) is 0 Å². The van der Waals surface area contributed by atoms with Crippen LogP contribution in [0.1, 0.15) is 36.0 Å². The van der Waals surface area contributed by atoms with Crippen LogP contribution in [-0.2, 0) is 9.53 Å². The molecule has 0 heterocycles. The SMILES string of the molecule is NC(=O)C1CCC(OC(=O)c2ccccc2)CC1. The summed E-state index contributed by atoms with van der Waals surface area (Å²) >= 11 is 0. The third-order valence-electron chi connectivity index (χ3n) is 3.36. The standard InChI is InChI=1S/C14H17NO3/c15-13(16)10-6-8-12(9-7-10)18-14(17)11-4-2-1-3-5-11/h1-5,10,12H,6-9H2,(H2,15,16). The van der Waals surface area contributed by atoms with Gasteiger partial charge < -0.3 is 10.5 Å². The molecule has 2 N–H and O–H groups in total. The van der Waals surface area contributed by atoms with Crippen LogP contribution in [0.2, 0.25) is 0 Å². The lowest BCUT2D eigenvalue weighted by Crippen LogP contribution is -2.31. The normalized spacial score (nSPS) is 23.3. The molecule has 0 saturated heterocycles. The van der Waals surface area contributed by atoms with E-state index in [0.29, 0.717) is 31.2 Å². The number of benzene rings is 1. The Morgan fingerprint density at radius 2 is 1.67 bits per heavy atom. The highest BCUT2D eigenvalue weighted by molar-refractivity contribution is 5.89. The summed E-state index contributed by atoms with van der Waals surface area (Å²) in [6, 6.07) is 8.94. The van der Waals surface area contributed by atoms with Crippen molar-refractivity contribution in [2.24, 2.45) is 11.7 Å². The van der Waals surface area contributed by atoms with Crippen molar-refractivity contribution in [1.82, 2.24) is 0 Å². The number of carbonyl (C=O) groups excluding carboxylic acids is 2. The van der Waals surface area contributed by atoms with Crippen LogP contribution in [0, 0.1) is 5.92 Å². The van der Waals surface area contributed by atoms with Gasteiger partial charge in [0.1, 0.15) is 6.10 Å². The zero-order valence-corrected chi connectivity index (χ0v) is 10.2. The van der Waals surface area contributed by atoms with Crippen molar-refractivity contribution in [1.29, 1.82) is 0 Å². The van der Waals surface area contributed by atoms with Gasteiger partial charge in [0.05, 0.1) is 5.56 Å². The monoisotopic (exact) mass is 247 g/mol. The quantitative estimate of drug-likeness (QED) is 0.829. The van der Waals surface area contributed by atoms with Crippen LogP contribution < -0.4 is 5.73 Å². The number of carbonyl (C=O) groups is 2. The molecule has 1 aliphatic carbocycles. The topological polar surface area (TPSA) is 69.4 Å². The summed E-state index contributed by atoms with van der Waals surface area (Å²) in [6.45, 7) is 0. The molecular formula is C14H17NO3. The highest BCUT2D eigenvalue weighted by Gasteiger charge is 2.26. The van der Waals surface area contributed by atoms with E-state index in [1.165, 1.54) is 0 Å². The van der Waals surface area contributed by atoms with Gasteiger partial charge in [-0.1, -0.05) is 18.2 Å². The molecule has 0 aliphatic heterocycles. The Kier molecular flexibility index (Phi) is 3.97. The van der Waals surface area contributed by atoms with Gasteiger partial charge in [-0.2, -0.15) is 0 Å². The van der Waals surface area contributed by atoms with Crippen molar-refractivity contribution in [3.63, 3.8) is 0 Å². The van der Waals surface area contributed by atoms with Crippen molar-refractivity contribution < 1.29 is 14.3 Å². The summed E-state index contributed by atoms with van der Waals surface area (Å²) in [6.07, 6.45) is 2.76. The Hall–Kier alpha value is -1.84. The largest absolute Gasteiger partial charge is 0.459 e. The number of rotatable bonds is 3. The van der Waals surface area contributed by atoms with Gasteiger partial charge in [0, 0.05) is 5.92 Å². The molecule has 1 aliphatic rings. The van der Waals surface area contributed by atoms with Gasteiger partial charge in [0.15, 0.2) is 0 Å². The number of hydrogen-bond donors (Lipinski definition) is 1. The van der Waals surface area contributed by atoms with E-state index in [0.717, 1.165) is 0 Å². The highest BCUT2D eigenvalue weighted by atomic mass is 16.5. The molecule has 1 fully saturated rings. The summed E-state index contributed by atoms with van der Waals surface area (Å²) in [4.78, 5) is 22.8. The highest BCUT2D eigenvalue weighted by Crippen LogP contribution is 2.26. The first-order valence-electron chi connectivity index (χ1n) is 6.22. The first-order chi connectivity index (χ1) is 8.66. The van der Waals surface area contributed by atoms with Crippen molar-refractivity contribution in [3.05, 3.63) is 35.9 Å². The first kappa shape index (κ1) is 12.6. The van der Waals surface area contributed by atoms with Crippen molar-refractivity contribution in [3.8, 4) is 0 Å². The average molecular weight is 247 g/mol. The summed E-state index contributed by atoms with van der Waals surface area (Å²) in [7, 11) is 0. The van der Waals surface area contributed by atoms with Crippen LogP contribution >= 0.6 is 0 Å². The molecule has 1 aromatic rings. The fourth-order valence-corrected chi connectivity index (χ4v) is 2.26. The van der Waals surface area contributed by atoms with Crippen LogP contribution in [0.25, 0.3) is 0 Å². The number of primary amides is 1. The lowest BCUT2D eigenvalue weighted by atomic mass is 9.87. The van der Waals surface area contributed by atoms with Crippen LogP contribution in [0.15, 0.2) is 30.3 Å². The van der Waals surface area contributed by atoms with Crippen LogP contribution in [0.5, 0.6) is 0 Å². The van der Waals surface area contributed by atoms with E-state index in [4.69, 9.17) is 10.5 Å². The lowest BCUT2D eigenvalue weighted by Gasteiger charge is -2.26. The molecule has 1 aromatic carbocycles. The third-order valence-corrected chi connectivity index (χ3v) is 3.36. The molecule has 4 nitrogen and oxygen atoms in total. The Balaban J connectivity index is 1.85. The smallest absolute Gasteiger partial charge is 0.338 e. The molecule has 1 saturated carbocycles. The number of amides is 1. The Morgan fingerprint density at radius 3 is 2.22 bits per heavy atom. The molecule has 0 radical (unpaired) electrons. The molecule has 96 valence electrons. The maximum Gasteiger partial charge on any atom is 0.338 e. The van der Waals surface area contributed by atoms with Gasteiger partial charge in [0.2, 0.25) is 5.91 Å². The van der Waals surface area contributed by atoms with E-state index < -0.39 is 0 Å². The van der Waals surface area contributed by atoms with Gasteiger partial charge in [-0.3, -0.25) is 4.79 Å². The summed E-state index contributed by atoms with van der Waals surface area (Å²) in [5, 5.41) is 0. The van der Waals surface area contributed by atoms with Crippen LogP contribution in [0.3, 0.4) is 0 Å². The van der Waals surface area contributed by atoms with E-state index in [9.17, 15) is 9.59 Å². The van der Waals surface area contributed by atoms with E-state index in [-0.39, 0.29) is 23.9 Å². The minimum absolute atomic E-state index is 0.0586. The molecule has 0 atom stereocenters. The maximum absolute atomic E-state index is 11.8. The van der Waals surface area contributed by atoms with Crippen LogP contribution in [0.4, 0.5) is 0 Å². The van der Waals surface area contributed by atoms with Crippen molar-refractivity contribution in [2.45, 2.75) is 31.8 Å². The maximum atomic E-state index is 11.8. The molecule has 0 spiro atoms. The average Bonchev–Trinajstić information content (AvgIpc) is 2.40. The zero-order chi connectivity index (χ0) is 13.0. The van der Waals surface area contributed by atoms with Gasteiger partial charge >= 0.3 is 5.97 Å². The Morgan fingerprint density at radius 1 is 1.06 bits per heavy atom. The van der Waals surface area contributed by atoms with E-state index in [1.807, 2.05) is 6.07 Å². The molecule has 2 rings (SSSR count). The van der Waals surface area contributed by atoms with Crippen molar-refractivity contribution in [2.75, 3.05) is 0 Å². The predicted octanol–water partition coefficient (Wildman–Crippen LogP) is 1.89. The summed E-state index contributed by atoms with van der Waals surface area (Å²) in [5.41, 5.74) is 5.82. The number of hydrogen-bond acceptors (Lipinski definition) is 3. The molecule has 0 aromatic heterocycles. The van der Waals surface area contributed by atoms with Crippen LogP contribution in [-0.4, -0.2) is 18.0 Å². The summed E-state index contributed by atoms with van der Waals surface area (Å²) in [5.74, 6) is -0.599. The second-order valence-corrected chi connectivity index (χ2v) is 4.65. The van der Waals surface area contributed by atoms with E-state index in [1.54, 1.807) is 24.3 Å². The molecule has 1 amide bonds. The fourth-order valence-electron chi connectivity index (χ4n) is 2.26. The van der Waals surface area contributed by atoms with Gasteiger partial charge in [-0.25, -0.2) is 4.79 Å². The lowest BCUT2D eigenvalue weighted by molar-refractivity contribution is -0.123. The molecule has 0 unspecified atom stereocenters. The minimum Gasteiger partial charge on any atom is -0.459 e. The second-order valence-electron chi connectivity index (χ2n) is 4.65. The van der Waals surface area contributed by atoms with Gasteiger partial charge in [-0.05, 0) is 37.8 Å². The number of esters is 1. The van der Waals surface area contributed by atoms with Crippen molar-refractivity contribution >= 4 is 11.9 Å². The minimum atomic E-state index is -0.293. The fraction of sp³-hybridized carbons (Fsp3) is 0.429.